The van der Waals surface area contributed by atoms with Gasteiger partial charge in [-0.25, -0.2) is 4.39 Å². The van der Waals surface area contributed by atoms with Crippen LogP contribution in [0.15, 0.2) is 30.9 Å². The Bertz CT molecular complexity index is 463. The molecule has 3 nitrogen and oxygen atoms in total. The summed E-state index contributed by atoms with van der Waals surface area (Å²) in [5.74, 6) is -0.945. The predicted molar refractivity (Wildman–Crippen MR) is 71.8 cm³/mol. The molecule has 0 spiro atoms. The number of carbonyl (C=O) groups excluding carboxylic acids is 1. The molecule has 98 valence electrons. The Hall–Kier alpha value is -1.84. The molecule has 0 aliphatic carbocycles. The number of nitrogens with zero attached hydrogens (tertiary/aromatic N) is 1. The number of carbonyl (C=O) groups is 1. The molecule has 1 aromatic carbocycles. The molecule has 0 fully saturated rings. The highest BCUT2D eigenvalue weighted by molar-refractivity contribution is 5.95. The zero-order valence-corrected chi connectivity index (χ0v) is 11.0. The molecule has 0 saturated heterocycles. The van der Waals surface area contributed by atoms with Crippen molar-refractivity contribution in [2.75, 3.05) is 12.3 Å². The monoisotopic (exact) mass is 250 g/mol. The van der Waals surface area contributed by atoms with Crippen LogP contribution in [0.25, 0.3) is 0 Å². The number of nitrogens with two attached hydrogens (primary N) is 1. The molecule has 1 amide bonds. The van der Waals surface area contributed by atoms with E-state index in [0.29, 0.717) is 12.2 Å². The summed E-state index contributed by atoms with van der Waals surface area (Å²) in [6, 6.07) is 4.00. The molecule has 0 atom stereocenters. The van der Waals surface area contributed by atoms with Gasteiger partial charge in [-0.15, -0.1) is 6.58 Å². The van der Waals surface area contributed by atoms with Crippen molar-refractivity contribution in [2.45, 2.75) is 26.3 Å². The van der Waals surface area contributed by atoms with E-state index >= 15 is 0 Å². The van der Waals surface area contributed by atoms with E-state index in [1.807, 2.05) is 20.8 Å². The summed E-state index contributed by atoms with van der Waals surface area (Å²) >= 11 is 0. The molecule has 0 radical (unpaired) electrons. The first-order valence-electron chi connectivity index (χ1n) is 5.75. The van der Waals surface area contributed by atoms with E-state index in [0.717, 1.165) is 0 Å². The van der Waals surface area contributed by atoms with Crippen LogP contribution in [0.1, 0.15) is 31.1 Å². The zero-order valence-electron chi connectivity index (χ0n) is 11.0. The highest BCUT2D eigenvalue weighted by Gasteiger charge is 2.27. The summed E-state index contributed by atoms with van der Waals surface area (Å²) in [5, 5.41) is 0. The highest BCUT2D eigenvalue weighted by Crippen LogP contribution is 2.20. The summed E-state index contributed by atoms with van der Waals surface area (Å²) in [7, 11) is 0. The largest absolute Gasteiger partial charge is 0.399 e. The van der Waals surface area contributed by atoms with Crippen LogP contribution in [0.5, 0.6) is 0 Å². The third kappa shape index (κ3) is 3.09. The lowest BCUT2D eigenvalue weighted by Crippen LogP contribution is -2.46. The van der Waals surface area contributed by atoms with E-state index in [1.165, 1.54) is 18.2 Å². The standard InChI is InChI=1S/C14H19FN2O/c1-5-8-17(14(2,3)4)13(18)11-9-10(16)6-7-12(11)15/h5-7,9H,1,8,16H2,2-4H3. The fraction of sp³-hybridized carbons (Fsp3) is 0.357. The Balaban J connectivity index is 3.17. The van der Waals surface area contributed by atoms with Crippen LogP contribution in [0, 0.1) is 5.82 Å². The van der Waals surface area contributed by atoms with Crippen LogP contribution >= 0.6 is 0 Å². The fourth-order valence-electron chi connectivity index (χ4n) is 1.64. The van der Waals surface area contributed by atoms with Crippen LogP contribution in [-0.2, 0) is 0 Å². The average molecular weight is 250 g/mol. The van der Waals surface area contributed by atoms with Gasteiger partial charge in [-0.1, -0.05) is 6.08 Å². The first kappa shape index (κ1) is 14.2. The lowest BCUT2D eigenvalue weighted by Gasteiger charge is -2.35. The average Bonchev–Trinajstić information content (AvgIpc) is 2.27. The van der Waals surface area contributed by atoms with Gasteiger partial charge in [-0.3, -0.25) is 4.79 Å². The molecule has 0 bridgehead atoms. The van der Waals surface area contributed by atoms with Crippen molar-refractivity contribution in [3.8, 4) is 0 Å². The van der Waals surface area contributed by atoms with Crippen molar-refractivity contribution in [2.24, 2.45) is 0 Å². The summed E-state index contributed by atoms with van der Waals surface area (Å²) in [6.45, 7) is 9.64. The molecule has 18 heavy (non-hydrogen) atoms. The third-order valence-electron chi connectivity index (χ3n) is 2.59. The fourth-order valence-corrected chi connectivity index (χ4v) is 1.64. The third-order valence-corrected chi connectivity index (χ3v) is 2.59. The Morgan fingerprint density at radius 2 is 2.11 bits per heavy atom. The molecule has 2 N–H and O–H groups in total. The molecular formula is C14H19FN2O. The topological polar surface area (TPSA) is 46.3 Å². The SMILES string of the molecule is C=CCN(C(=O)c1cc(N)ccc1F)C(C)(C)C. The van der Waals surface area contributed by atoms with E-state index in [-0.39, 0.29) is 11.5 Å². The molecule has 0 aromatic heterocycles. The number of halogens is 1. The minimum atomic E-state index is -0.562. The Kier molecular flexibility index (Phi) is 4.11. The summed E-state index contributed by atoms with van der Waals surface area (Å²) in [5.41, 5.74) is 5.54. The van der Waals surface area contributed by atoms with Crippen molar-refractivity contribution in [1.82, 2.24) is 4.90 Å². The number of anilines is 1. The first-order chi connectivity index (χ1) is 8.27. The molecule has 0 aliphatic rings. The first-order valence-corrected chi connectivity index (χ1v) is 5.75. The number of hydrogen-bond acceptors (Lipinski definition) is 2. The van der Waals surface area contributed by atoms with Crippen molar-refractivity contribution in [3.05, 3.63) is 42.2 Å². The minimum absolute atomic E-state index is 0.00762. The zero-order chi connectivity index (χ0) is 13.9. The Morgan fingerprint density at radius 3 is 2.61 bits per heavy atom. The quantitative estimate of drug-likeness (QED) is 0.662. The molecule has 0 aliphatic heterocycles. The second kappa shape index (κ2) is 5.21. The number of hydrogen-bond donors (Lipinski definition) is 1. The second-order valence-corrected chi connectivity index (χ2v) is 5.11. The Labute approximate surface area is 107 Å². The van der Waals surface area contributed by atoms with Gasteiger partial charge in [0.1, 0.15) is 5.82 Å². The Morgan fingerprint density at radius 1 is 1.50 bits per heavy atom. The maximum atomic E-state index is 13.7. The number of amides is 1. The van der Waals surface area contributed by atoms with Crippen LogP contribution < -0.4 is 5.73 Å². The maximum absolute atomic E-state index is 13.7. The summed E-state index contributed by atoms with van der Waals surface area (Å²) < 4.78 is 13.7. The van der Waals surface area contributed by atoms with Gasteiger partial charge < -0.3 is 10.6 Å². The van der Waals surface area contributed by atoms with Crippen molar-refractivity contribution < 1.29 is 9.18 Å². The van der Waals surface area contributed by atoms with Crippen molar-refractivity contribution in [3.63, 3.8) is 0 Å². The van der Waals surface area contributed by atoms with Gasteiger partial charge in [-0.2, -0.15) is 0 Å². The van der Waals surface area contributed by atoms with E-state index < -0.39 is 11.4 Å². The van der Waals surface area contributed by atoms with Crippen molar-refractivity contribution in [1.29, 1.82) is 0 Å². The van der Waals surface area contributed by atoms with Gasteiger partial charge in [-0.05, 0) is 39.0 Å². The van der Waals surface area contributed by atoms with Gasteiger partial charge in [0.25, 0.3) is 5.91 Å². The smallest absolute Gasteiger partial charge is 0.257 e. The highest BCUT2D eigenvalue weighted by atomic mass is 19.1. The van der Waals surface area contributed by atoms with Crippen LogP contribution in [-0.4, -0.2) is 22.9 Å². The number of benzene rings is 1. The minimum Gasteiger partial charge on any atom is -0.399 e. The summed E-state index contributed by atoms with van der Waals surface area (Å²) in [6.07, 6.45) is 1.62. The maximum Gasteiger partial charge on any atom is 0.257 e. The lowest BCUT2D eigenvalue weighted by molar-refractivity contribution is 0.0612. The molecule has 0 heterocycles. The van der Waals surface area contributed by atoms with Gasteiger partial charge in [0.2, 0.25) is 0 Å². The second-order valence-electron chi connectivity index (χ2n) is 5.11. The van der Waals surface area contributed by atoms with Gasteiger partial charge in [0.15, 0.2) is 0 Å². The lowest BCUT2D eigenvalue weighted by atomic mass is 10.0. The van der Waals surface area contributed by atoms with E-state index in [1.54, 1.807) is 11.0 Å². The predicted octanol–water partition coefficient (Wildman–Crippen LogP) is 2.83. The van der Waals surface area contributed by atoms with Gasteiger partial charge in [0.05, 0.1) is 5.56 Å². The molecule has 0 saturated carbocycles. The number of nitrogen functional groups attached to an aromatic ring is 1. The van der Waals surface area contributed by atoms with Crippen LogP contribution in [0.4, 0.5) is 10.1 Å². The van der Waals surface area contributed by atoms with Crippen LogP contribution in [0.3, 0.4) is 0 Å². The summed E-state index contributed by atoms with van der Waals surface area (Å²) in [4.78, 5) is 13.9. The van der Waals surface area contributed by atoms with Crippen LogP contribution in [0.2, 0.25) is 0 Å². The van der Waals surface area contributed by atoms with Gasteiger partial charge >= 0.3 is 0 Å². The molecular weight excluding hydrogens is 231 g/mol. The van der Waals surface area contributed by atoms with E-state index in [2.05, 4.69) is 6.58 Å². The van der Waals surface area contributed by atoms with E-state index in [4.69, 9.17) is 5.73 Å². The molecule has 1 aromatic rings. The number of rotatable bonds is 3. The molecule has 1 rings (SSSR count). The molecule has 0 unspecified atom stereocenters. The molecule has 4 heteroatoms. The van der Waals surface area contributed by atoms with Crippen molar-refractivity contribution >= 4 is 11.6 Å². The van der Waals surface area contributed by atoms with Gasteiger partial charge in [0, 0.05) is 17.8 Å². The normalized spacial score (nSPS) is 11.1. The van der Waals surface area contributed by atoms with E-state index in [9.17, 15) is 9.18 Å².